The smallest absolute Gasteiger partial charge is 0.230 e. The van der Waals surface area contributed by atoms with Crippen molar-refractivity contribution in [1.82, 2.24) is 5.32 Å². The largest absolute Gasteiger partial charge is 0.398 e. The van der Waals surface area contributed by atoms with Gasteiger partial charge in [0.05, 0.1) is 5.75 Å². The van der Waals surface area contributed by atoms with Gasteiger partial charge in [0.15, 0.2) is 0 Å². The van der Waals surface area contributed by atoms with Gasteiger partial charge >= 0.3 is 0 Å². The van der Waals surface area contributed by atoms with E-state index >= 15 is 0 Å². The second-order valence-corrected chi connectivity index (χ2v) is 6.11. The number of amides is 1. The molecule has 0 saturated carbocycles. The van der Waals surface area contributed by atoms with Crippen molar-refractivity contribution >= 4 is 23.4 Å². The molecule has 110 valence electrons. The lowest BCUT2D eigenvalue weighted by Gasteiger charge is -2.08. The molecular formula is C17H20N2OS. The molecule has 2 aromatic rings. The van der Waals surface area contributed by atoms with E-state index in [-0.39, 0.29) is 5.91 Å². The first-order chi connectivity index (χ1) is 10.0. The zero-order chi connectivity index (χ0) is 15.2. The fourth-order valence-corrected chi connectivity index (χ4v) is 2.76. The molecular weight excluding hydrogens is 280 g/mol. The summed E-state index contributed by atoms with van der Waals surface area (Å²) in [6.07, 6.45) is 0. The molecule has 0 unspecified atom stereocenters. The third-order valence-corrected chi connectivity index (χ3v) is 4.21. The summed E-state index contributed by atoms with van der Waals surface area (Å²) in [5.74, 6) is 0.390. The van der Waals surface area contributed by atoms with E-state index in [1.165, 1.54) is 17.3 Å². The van der Waals surface area contributed by atoms with Gasteiger partial charge < -0.3 is 11.1 Å². The maximum Gasteiger partial charge on any atom is 0.230 e. The molecule has 4 heteroatoms. The highest BCUT2D eigenvalue weighted by molar-refractivity contribution is 8.00. The normalized spacial score (nSPS) is 10.4. The number of rotatable bonds is 5. The summed E-state index contributed by atoms with van der Waals surface area (Å²) in [6, 6.07) is 14.0. The third-order valence-electron chi connectivity index (χ3n) is 3.14. The van der Waals surface area contributed by atoms with Gasteiger partial charge in [0, 0.05) is 17.1 Å². The van der Waals surface area contributed by atoms with Gasteiger partial charge in [-0.25, -0.2) is 0 Å². The van der Waals surface area contributed by atoms with Crippen molar-refractivity contribution in [1.29, 1.82) is 0 Å². The molecule has 0 saturated heterocycles. The Labute approximate surface area is 129 Å². The van der Waals surface area contributed by atoms with Gasteiger partial charge in [-0.2, -0.15) is 0 Å². The van der Waals surface area contributed by atoms with Crippen LogP contribution in [0.3, 0.4) is 0 Å². The number of hydrogen-bond donors (Lipinski definition) is 2. The van der Waals surface area contributed by atoms with Crippen molar-refractivity contribution in [2.24, 2.45) is 0 Å². The Hall–Kier alpha value is -1.94. The summed E-state index contributed by atoms with van der Waals surface area (Å²) >= 11 is 1.47. The van der Waals surface area contributed by atoms with Crippen LogP contribution in [-0.2, 0) is 11.3 Å². The lowest BCUT2D eigenvalue weighted by molar-refractivity contribution is -0.118. The number of carbonyl (C=O) groups is 1. The van der Waals surface area contributed by atoms with Crippen LogP contribution < -0.4 is 11.1 Å². The molecule has 0 aliphatic heterocycles. The highest BCUT2D eigenvalue weighted by Crippen LogP contribution is 2.25. The Balaban J connectivity index is 1.82. The van der Waals surface area contributed by atoms with E-state index in [1.54, 1.807) is 0 Å². The standard InChI is InChI=1S/C17H20N2OS/c1-12-3-6-14(7-4-12)10-19-17(20)11-21-16-9-13(2)5-8-15(16)18/h3-9H,10-11,18H2,1-2H3,(H,19,20). The van der Waals surface area contributed by atoms with Crippen LogP contribution in [0.4, 0.5) is 5.69 Å². The summed E-state index contributed by atoms with van der Waals surface area (Å²) in [7, 11) is 0. The molecule has 0 fully saturated rings. The Bertz CT molecular complexity index is 623. The van der Waals surface area contributed by atoms with Gasteiger partial charge in [0.25, 0.3) is 0 Å². The van der Waals surface area contributed by atoms with Crippen LogP contribution in [-0.4, -0.2) is 11.7 Å². The molecule has 0 aliphatic rings. The van der Waals surface area contributed by atoms with Crippen molar-refractivity contribution in [2.75, 3.05) is 11.5 Å². The van der Waals surface area contributed by atoms with E-state index in [4.69, 9.17) is 5.73 Å². The number of carbonyl (C=O) groups excluding carboxylic acids is 1. The summed E-state index contributed by atoms with van der Waals surface area (Å²) in [5, 5.41) is 2.92. The van der Waals surface area contributed by atoms with E-state index in [0.29, 0.717) is 12.3 Å². The van der Waals surface area contributed by atoms with Crippen LogP contribution in [0.2, 0.25) is 0 Å². The summed E-state index contributed by atoms with van der Waals surface area (Å²) in [5.41, 5.74) is 10.1. The van der Waals surface area contributed by atoms with Crippen molar-refractivity contribution < 1.29 is 4.79 Å². The Morgan fingerprint density at radius 2 is 1.76 bits per heavy atom. The van der Waals surface area contributed by atoms with Crippen LogP contribution in [0.15, 0.2) is 47.4 Å². The van der Waals surface area contributed by atoms with Gasteiger partial charge in [-0.15, -0.1) is 11.8 Å². The predicted octanol–water partition coefficient (Wildman–Crippen LogP) is 3.29. The minimum atomic E-state index is 0.0153. The predicted molar refractivity (Wildman–Crippen MR) is 89.3 cm³/mol. The quantitative estimate of drug-likeness (QED) is 0.658. The van der Waals surface area contributed by atoms with Crippen molar-refractivity contribution in [2.45, 2.75) is 25.3 Å². The Morgan fingerprint density at radius 1 is 1.10 bits per heavy atom. The molecule has 3 N–H and O–H groups in total. The first kappa shape index (κ1) is 15.4. The summed E-state index contributed by atoms with van der Waals surface area (Å²) in [6.45, 7) is 4.62. The first-order valence-corrected chi connectivity index (χ1v) is 7.84. The molecule has 0 aromatic heterocycles. The van der Waals surface area contributed by atoms with E-state index < -0.39 is 0 Å². The molecule has 0 bridgehead atoms. The van der Waals surface area contributed by atoms with Crippen LogP contribution in [0, 0.1) is 13.8 Å². The number of benzene rings is 2. The van der Waals surface area contributed by atoms with Crippen LogP contribution >= 0.6 is 11.8 Å². The average molecular weight is 300 g/mol. The van der Waals surface area contributed by atoms with Crippen molar-refractivity contribution in [3.63, 3.8) is 0 Å². The SMILES string of the molecule is Cc1ccc(CNC(=O)CSc2cc(C)ccc2N)cc1. The second-order valence-electron chi connectivity index (χ2n) is 5.09. The van der Waals surface area contributed by atoms with E-state index in [1.807, 2.05) is 56.3 Å². The number of nitrogens with one attached hydrogen (secondary N) is 1. The molecule has 0 aliphatic carbocycles. The van der Waals surface area contributed by atoms with Gasteiger partial charge in [-0.05, 0) is 37.1 Å². The number of nitrogens with two attached hydrogens (primary N) is 1. The van der Waals surface area contributed by atoms with Gasteiger partial charge in [-0.1, -0.05) is 35.9 Å². The van der Waals surface area contributed by atoms with E-state index in [0.717, 1.165) is 21.7 Å². The average Bonchev–Trinajstić information content (AvgIpc) is 2.47. The maximum atomic E-state index is 11.9. The van der Waals surface area contributed by atoms with E-state index in [2.05, 4.69) is 5.32 Å². The Kier molecular flexibility index (Phi) is 5.28. The maximum absolute atomic E-state index is 11.9. The number of thioether (sulfide) groups is 1. The fourth-order valence-electron chi connectivity index (χ4n) is 1.87. The fraction of sp³-hybridized carbons (Fsp3) is 0.235. The second kappa shape index (κ2) is 7.18. The first-order valence-electron chi connectivity index (χ1n) is 6.86. The highest BCUT2D eigenvalue weighted by Gasteiger charge is 2.05. The Morgan fingerprint density at radius 3 is 2.48 bits per heavy atom. The number of aryl methyl sites for hydroxylation is 2. The lowest BCUT2D eigenvalue weighted by atomic mass is 10.1. The lowest BCUT2D eigenvalue weighted by Crippen LogP contribution is -2.24. The highest BCUT2D eigenvalue weighted by atomic mass is 32.2. The molecule has 21 heavy (non-hydrogen) atoms. The minimum Gasteiger partial charge on any atom is -0.398 e. The topological polar surface area (TPSA) is 55.1 Å². The molecule has 2 aromatic carbocycles. The number of anilines is 1. The monoisotopic (exact) mass is 300 g/mol. The summed E-state index contributed by atoms with van der Waals surface area (Å²) in [4.78, 5) is 12.8. The van der Waals surface area contributed by atoms with Crippen LogP contribution in [0.1, 0.15) is 16.7 Å². The number of nitrogen functional groups attached to an aromatic ring is 1. The molecule has 2 rings (SSSR count). The zero-order valence-corrected chi connectivity index (χ0v) is 13.2. The third kappa shape index (κ3) is 4.83. The van der Waals surface area contributed by atoms with Gasteiger partial charge in [0.2, 0.25) is 5.91 Å². The molecule has 0 heterocycles. The summed E-state index contributed by atoms with van der Waals surface area (Å²) < 4.78 is 0. The van der Waals surface area contributed by atoms with Gasteiger partial charge in [0.1, 0.15) is 0 Å². The zero-order valence-electron chi connectivity index (χ0n) is 12.3. The van der Waals surface area contributed by atoms with Gasteiger partial charge in [-0.3, -0.25) is 4.79 Å². The number of hydrogen-bond acceptors (Lipinski definition) is 3. The van der Waals surface area contributed by atoms with Crippen molar-refractivity contribution in [3.8, 4) is 0 Å². The molecule has 3 nitrogen and oxygen atoms in total. The molecule has 1 amide bonds. The van der Waals surface area contributed by atoms with Crippen LogP contribution in [0.25, 0.3) is 0 Å². The van der Waals surface area contributed by atoms with E-state index in [9.17, 15) is 4.79 Å². The van der Waals surface area contributed by atoms with Crippen molar-refractivity contribution in [3.05, 3.63) is 59.2 Å². The molecule has 0 spiro atoms. The van der Waals surface area contributed by atoms with Crippen LogP contribution in [0.5, 0.6) is 0 Å². The molecule has 0 atom stereocenters. The minimum absolute atomic E-state index is 0.0153. The molecule has 0 radical (unpaired) electrons.